The number of nitrogens with zero attached hydrogens (tertiary/aromatic N) is 7. The monoisotopic (exact) mass is 583 g/mol. The van der Waals surface area contributed by atoms with E-state index in [1.807, 2.05) is 11.9 Å². The number of aryl methyl sites for hydroxylation is 1. The van der Waals surface area contributed by atoms with E-state index in [0.717, 1.165) is 30.6 Å². The molecular formula is C26H31F6N9. The van der Waals surface area contributed by atoms with Crippen LogP contribution in [0.1, 0.15) is 54.0 Å². The molecule has 1 aromatic carbocycles. The van der Waals surface area contributed by atoms with Crippen LogP contribution in [0, 0.1) is 11.3 Å². The lowest BCUT2D eigenvalue weighted by atomic mass is 9.85. The summed E-state index contributed by atoms with van der Waals surface area (Å²) in [6.45, 7) is 1.92. The Kier molecular flexibility index (Phi) is 8.45. The fourth-order valence-corrected chi connectivity index (χ4v) is 4.75. The van der Waals surface area contributed by atoms with Gasteiger partial charge in [-0.2, -0.15) is 31.1 Å². The van der Waals surface area contributed by atoms with E-state index in [-0.39, 0.29) is 36.4 Å². The number of benzene rings is 1. The van der Waals surface area contributed by atoms with E-state index in [0.29, 0.717) is 40.8 Å². The summed E-state index contributed by atoms with van der Waals surface area (Å²) >= 11 is 0. The molecule has 15 heteroatoms. The van der Waals surface area contributed by atoms with E-state index in [2.05, 4.69) is 20.7 Å². The Morgan fingerprint density at radius 1 is 1.05 bits per heavy atom. The molecule has 2 N–H and O–H groups in total. The predicted octanol–water partition coefficient (Wildman–Crippen LogP) is 5.52. The van der Waals surface area contributed by atoms with Crippen LogP contribution in [0.4, 0.5) is 43.9 Å². The second kappa shape index (κ2) is 11.5. The number of pyridine rings is 1. The van der Waals surface area contributed by atoms with Crippen molar-refractivity contribution in [3.05, 3.63) is 52.1 Å². The molecule has 0 spiro atoms. The number of halogens is 6. The average molecular weight is 584 g/mol. The first kappa shape index (κ1) is 30.1. The summed E-state index contributed by atoms with van der Waals surface area (Å²) < 4.78 is 81.4. The van der Waals surface area contributed by atoms with Gasteiger partial charge >= 0.3 is 12.4 Å². The Labute approximate surface area is 233 Å². The van der Waals surface area contributed by atoms with E-state index in [1.165, 1.54) is 11.9 Å². The molecule has 1 fully saturated rings. The minimum atomic E-state index is -4.98. The number of hydrogen-bond donors (Lipinski definition) is 2. The Morgan fingerprint density at radius 3 is 2.15 bits per heavy atom. The summed E-state index contributed by atoms with van der Waals surface area (Å²) in [6.07, 6.45) is -6.64. The number of alkyl halides is 6. The molecule has 1 saturated carbocycles. The first-order valence-corrected chi connectivity index (χ1v) is 12.9. The largest absolute Gasteiger partial charge is 0.416 e. The van der Waals surface area contributed by atoms with E-state index in [9.17, 15) is 26.3 Å². The Hall–Kier alpha value is -3.91. The van der Waals surface area contributed by atoms with Crippen LogP contribution in [0.5, 0.6) is 0 Å². The number of anilines is 3. The Balaban J connectivity index is 1.80. The van der Waals surface area contributed by atoms with Gasteiger partial charge in [-0.25, -0.2) is 4.98 Å². The first-order chi connectivity index (χ1) is 19.2. The van der Waals surface area contributed by atoms with Crippen molar-refractivity contribution in [2.45, 2.75) is 51.6 Å². The molecular weight excluding hydrogens is 552 g/mol. The van der Waals surface area contributed by atoms with Gasteiger partial charge < -0.3 is 20.5 Å². The molecule has 222 valence electrons. The standard InChI is InChI=1S/C26H31F6N9/c1-15(33)21-10-18(23(35-22(21)34-2)39(3)12-16-6-5-7-16)14-41(24-36-38-40(4)37-24)13-17-8-19(25(27,28)29)11-20(9-17)26(30,31)32/h8-11,16,33H,5-7,12-14H2,1-4H3,(H,34,35). The van der Waals surface area contributed by atoms with Gasteiger partial charge in [0.15, 0.2) is 0 Å². The fraction of sp³-hybridized carbons (Fsp3) is 0.500. The maximum Gasteiger partial charge on any atom is 0.416 e. The Bertz CT molecular complexity index is 1360. The summed E-state index contributed by atoms with van der Waals surface area (Å²) in [5, 5.41) is 23.2. The molecule has 0 amide bonds. The molecule has 0 unspecified atom stereocenters. The molecule has 2 heterocycles. The number of aromatic nitrogens is 5. The summed E-state index contributed by atoms with van der Waals surface area (Å²) in [7, 11) is 5.07. The van der Waals surface area contributed by atoms with Gasteiger partial charge in [0.2, 0.25) is 0 Å². The third-order valence-corrected chi connectivity index (χ3v) is 7.00. The quantitative estimate of drug-likeness (QED) is 0.240. The second-order valence-corrected chi connectivity index (χ2v) is 10.3. The highest BCUT2D eigenvalue weighted by Crippen LogP contribution is 2.37. The number of rotatable bonds is 10. The molecule has 0 bridgehead atoms. The molecule has 3 aromatic rings. The lowest BCUT2D eigenvalue weighted by Gasteiger charge is -2.33. The van der Waals surface area contributed by atoms with Crippen molar-refractivity contribution in [1.29, 1.82) is 5.41 Å². The van der Waals surface area contributed by atoms with E-state index in [4.69, 9.17) is 10.4 Å². The van der Waals surface area contributed by atoms with Crippen molar-refractivity contribution in [3.63, 3.8) is 0 Å². The average Bonchev–Trinajstić information content (AvgIpc) is 3.30. The van der Waals surface area contributed by atoms with E-state index in [1.54, 1.807) is 20.0 Å². The SMILES string of the molecule is CNc1nc(N(C)CC2CCC2)c(CN(Cc2cc(C(F)(F)F)cc(C(F)(F)F)c2)c2nnn(C)n2)cc1C(C)=N. The van der Waals surface area contributed by atoms with Crippen molar-refractivity contribution >= 4 is 23.3 Å². The molecule has 9 nitrogen and oxygen atoms in total. The summed E-state index contributed by atoms with van der Waals surface area (Å²) in [4.78, 5) is 9.34. The van der Waals surface area contributed by atoms with Crippen LogP contribution in [0.15, 0.2) is 24.3 Å². The van der Waals surface area contributed by atoms with Crippen molar-refractivity contribution in [2.75, 3.05) is 35.8 Å². The van der Waals surface area contributed by atoms with Gasteiger partial charge in [-0.15, -0.1) is 5.10 Å². The third kappa shape index (κ3) is 7.06. The zero-order valence-electron chi connectivity index (χ0n) is 23.0. The first-order valence-electron chi connectivity index (χ1n) is 12.9. The van der Waals surface area contributed by atoms with Crippen molar-refractivity contribution in [3.8, 4) is 0 Å². The van der Waals surface area contributed by atoms with Crippen LogP contribution in [-0.2, 0) is 32.5 Å². The third-order valence-electron chi connectivity index (χ3n) is 7.00. The van der Waals surface area contributed by atoms with Crippen LogP contribution in [0.3, 0.4) is 0 Å². The molecule has 0 atom stereocenters. The number of hydrogen-bond acceptors (Lipinski definition) is 8. The van der Waals surface area contributed by atoms with Crippen molar-refractivity contribution in [1.82, 2.24) is 25.2 Å². The fourth-order valence-electron chi connectivity index (χ4n) is 4.75. The Morgan fingerprint density at radius 2 is 1.68 bits per heavy atom. The highest BCUT2D eigenvalue weighted by Gasteiger charge is 2.37. The van der Waals surface area contributed by atoms with Crippen molar-refractivity contribution < 1.29 is 26.3 Å². The summed E-state index contributed by atoms with van der Waals surface area (Å²) in [5.74, 6) is 1.55. The normalized spacial score (nSPS) is 14.1. The van der Waals surface area contributed by atoms with Crippen molar-refractivity contribution in [2.24, 2.45) is 13.0 Å². The lowest BCUT2D eigenvalue weighted by molar-refractivity contribution is -0.143. The van der Waals surface area contributed by atoms with E-state index < -0.39 is 23.5 Å². The highest BCUT2D eigenvalue weighted by atomic mass is 19.4. The van der Waals surface area contributed by atoms with Gasteiger partial charge in [-0.1, -0.05) is 11.5 Å². The molecule has 1 aliphatic rings. The molecule has 0 radical (unpaired) electrons. The van der Waals surface area contributed by atoms with Gasteiger partial charge in [0.25, 0.3) is 5.95 Å². The summed E-state index contributed by atoms with van der Waals surface area (Å²) in [5.41, 5.74) is -1.70. The number of nitrogens with one attached hydrogen (secondary N) is 2. The topological polar surface area (TPSA) is 98.8 Å². The zero-order chi connectivity index (χ0) is 30.1. The zero-order valence-corrected chi connectivity index (χ0v) is 23.0. The number of tetrazole rings is 1. The smallest absolute Gasteiger partial charge is 0.373 e. The van der Waals surface area contributed by atoms with Crippen LogP contribution in [0.25, 0.3) is 0 Å². The van der Waals surface area contributed by atoms with Crippen LogP contribution in [-0.4, -0.2) is 51.5 Å². The lowest BCUT2D eigenvalue weighted by Crippen LogP contribution is -2.32. The van der Waals surface area contributed by atoms with Gasteiger partial charge in [0, 0.05) is 50.6 Å². The minimum absolute atomic E-state index is 0.0110. The molecule has 0 saturated heterocycles. The van der Waals surface area contributed by atoms with Gasteiger partial charge in [-0.3, -0.25) is 0 Å². The molecule has 41 heavy (non-hydrogen) atoms. The van der Waals surface area contributed by atoms with Crippen LogP contribution in [0.2, 0.25) is 0 Å². The molecule has 4 rings (SSSR count). The van der Waals surface area contributed by atoms with E-state index >= 15 is 0 Å². The van der Waals surface area contributed by atoms with Crippen LogP contribution < -0.4 is 15.1 Å². The van der Waals surface area contributed by atoms with Gasteiger partial charge in [0.05, 0.1) is 18.2 Å². The maximum atomic E-state index is 13.6. The predicted molar refractivity (Wildman–Crippen MR) is 142 cm³/mol. The second-order valence-electron chi connectivity index (χ2n) is 10.3. The highest BCUT2D eigenvalue weighted by molar-refractivity contribution is 6.01. The molecule has 1 aliphatic carbocycles. The van der Waals surface area contributed by atoms with Crippen LogP contribution >= 0.6 is 0 Å². The van der Waals surface area contributed by atoms with Gasteiger partial charge in [-0.05, 0) is 60.7 Å². The van der Waals surface area contributed by atoms with Gasteiger partial charge in [0.1, 0.15) is 11.6 Å². The summed E-state index contributed by atoms with van der Waals surface area (Å²) in [6, 6.07) is 3.24. The minimum Gasteiger partial charge on any atom is -0.373 e. The molecule has 2 aromatic heterocycles. The molecule has 0 aliphatic heterocycles. The maximum absolute atomic E-state index is 13.6.